The second-order valence-corrected chi connectivity index (χ2v) is 8.24. The van der Waals surface area contributed by atoms with Crippen molar-refractivity contribution in [3.63, 3.8) is 0 Å². The van der Waals surface area contributed by atoms with Gasteiger partial charge in [-0.1, -0.05) is 32.9 Å². The van der Waals surface area contributed by atoms with Crippen LogP contribution in [0.4, 0.5) is 5.69 Å². The molecule has 2 rings (SSSR count). The Morgan fingerprint density at radius 2 is 2.04 bits per heavy atom. The Hall–Kier alpha value is -1.53. The zero-order chi connectivity index (χ0) is 17.7. The summed E-state index contributed by atoms with van der Waals surface area (Å²) < 4.78 is 0. The molecule has 0 aliphatic carbocycles. The van der Waals surface area contributed by atoms with Crippen molar-refractivity contribution in [2.45, 2.75) is 37.3 Å². The van der Waals surface area contributed by atoms with Crippen molar-refractivity contribution >= 4 is 29.3 Å². The lowest BCUT2D eigenvalue weighted by Gasteiger charge is -2.27. The molecule has 1 atom stereocenters. The summed E-state index contributed by atoms with van der Waals surface area (Å²) >= 11 is 1.81. The highest BCUT2D eigenvalue weighted by Gasteiger charge is 2.25. The Kier molecular flexibility index (Phi) is 6.69. The van der Waals surface area contributed by atoms with Gasteiger partial charge in [-0.15, -0.1) is 11.8 Å². The Balaban J connectivity index is 2.16. The number of primary amides is 1. The lowest BCUT2D eigenvalue weighted by atomic mass is 10.2. The lowest BCUT2D eigenvalue weighted by molar-refractivity contribution is -0.122. The van der Waals surface area contributed by atoms with Crippen molar-refractivity contribution in [3.05, 3.63) is 24.3 Å². The van der Waals surface area contributed by atoms with Gasteiger partial charge >= 0.3 is 0 Å². The predicted molar refractivity (Wildman–Crippen MR) is 99.2 cm³/mol. The first-order chi connectivity index (χ1) is 11.4. The molecule has 1 aromatic rings. The normalized spacial score (nSPS) is 17.7. The molecule has 0 aromatic heterocycles. The monoisotopic (exact) mass is 349 g/mol. The molecule has 0 spiro atoms. The second-order valence-electron chi connectivity index (χ2n) is 6.76. The van der Waals surface area contributed by atoms with Gasteiger partial charge in [-0.2, -0.15) is 0 Å². The number of benzene rings is 1. The molecule has 0 bridgehead atoms. The largest absolute Gasteiger partial charge is 0.369 e. The fourth-order valence-electron chi connectivity index (χ4n) is 2.94. The molecule has 1 aliphatic rings. The molecule has 1 aromatic carbocycles. The minimum absolute atomic E-state index is 0.0269. The number of thioether (sulfide) groups is 1. The number of nitrogens with zero attached hydrogens (tertiary/aromatic N) is 2. The smallest absolute Gasteiger partial charge is 0.241 e. The van der Waals surface area contributed by atoms with E-state index in [0.29, 0.717) is 24.3 Å². The Bertz CT molecular complexity index is 591. The molecule has 2 N–H and O–H groups in total. The highest BCUT2D eigenvalue weighted by atomic mass is 32.2. The minimum atomic E-state index is -0.399. The number of nitrogens with two attached hydrogens (primary N) is 1. The quantitative estimate of drug-likeness (QED) is 0.856. The van der Waals surface area contributed by atoms with E-state index in [1.165, 1.54) is 0 Å². The third-order valence-electron chi connectivity index (χ3n) is 3.91. The van der Waals surface area contributed by atoms with Gasteiger partial charge in [0.05, 0.1) is 18.8 Å². The molecule has 132 valence electrons. The average molecular weight is 350 g/mol. The molecular formula is C18H27N3O2S. The molecule has 1 unspecified atom stereocenters. The van der Waals surface area contributed by atoms with Crippen LogP contribution in [0.1, 0.15) is 27.2 Å². The molecule has 0 fully saturated rings. The first kappa shape index (κ1) is 18.8. The third kappa shape index (κ3) is 5.24. The van der Waals surface area contributed by atoms with E-state index >= 15 is 0 Å². The molecule has 0 saturated carbocycles. The zero-order valence-corrected chi connectivity index (χ0v) is 15.5. The van der Waals surface area contributed by atoms with Gasteiger partial charge in [-0.05, 0) is 24.5 Å². The molecule has 0 saturated heterocycles. The number of hydrogen-bond donors (Lipinski definition) is 1. The average Bonchev–Trinajstić information content (AvgIpc) is 2.63. The fourth-order valence-corrected chi connectivity index (χ4v) is 4.06. The maximum Gasteiger partial charge on any atom is 0.241 e. The SMILES string of the molecule is CC(C)CN(CC(N)=O)CC(=O)N1CCC(C)Sc2ccccc21. The summed E-state index contributed by atoms with van der Waals surface area (Å²) in [6.45, 7) is 8.04. The molecule has 24 heavy (non-hydrogen) atoms. The number of carbonyl (C=O) groups is 2. The molecule has 5 nitrogen and oxygen atoms in total. The first-order valence-electron chi connectivity index (χ1n) is 8.43. The summed E-state index contributed by atoms with van der Waals surface area (Å²) in [5.41, 5.74) is 6.31. The van der Waals surface area contributed by atoms with Crippen LogP contribution in [0.5, 0.6) is 0 Å². The van der Waals surface area contributed by atoms with Crippen molar-refractivity contribution in [2.75, 3.05) is 31.1 Å². The molecule has 6 heteroatoms. The predicted octanol–water partition coefficient (Wildman–Crippen LogP) is 2.35. The number of hydrogen-bond acceptors (Lipinski definition) is 4. The number of carbonyl (C=O) groups excluding carboxylic acids is 2. The van der Waals surface area contributed by atoms with Gasteiger partial charge in [0.25, 0.3) is 0 Å². The van der Waals surface area contributed by atoms with Crippen molar-refractivity contribution < 1.29 is 9.59 Å². The standard InChI is InChI=1S/C18H27N3O2S/c1-13(2)10-20(11-17(19)22)12-18(23)21-9-8-14(3)24-16-7-5-4-6-15(16)21/h4-7,13-14H,8-12H2,1-3H3,(H2,19,22). The summed E-state index contributed by atoms with van der Waals surface area (Å²) in [6, 6.07) is 8.03. The van der Waals surface area contributed by atoms with E-state index in [1.54, 1.807) is 0 Å². The van der Waals surface area contributed by atoms with Crippen LogP contribution in [-0.2, 0) is 9.59 Å². The summed E-state index contributed by atoms with van der Waals surface area (Å²) in [5.74, 6) is -0.00732. The third-order valence-corrected chi connectivity index (χ3v) is 5.14. The summed E-state index contributed by atoms with van der Waals surface area (Å²) in [5, 5.41) is 0.473. The Morgan fingerprint density at radius 3 is 2.71 bits per heavy atom. The lowest BCUT2D eigenvalue weighted by Crippen LogP contribution is -2.45. The number of rotatable bonds is 6. The highest BCUT2D eigenvalue weighted by Crippen LogP contribution is 2.37. The summed E-state index contributed by atoms with van der Waals surface area (Å²) in [7, 11) is 0. The Morgan fingerprint density at radius 1 is 1.33 bits per heavy atom. The number of anilines is 1. The fraction of sp³-hybridized carbons (Fsp3) is 0.556. The van der Waals surface area contributed by atoms with Crippen LogP contribution in [0.3, 0.4) is 0 Å². The van der Waals surface area contributed by atoms with Gasteiger partial charge in [0.15, 0.2) is 0 Å². The molecule has 2 amide bonds. The molecule has 1 heterocycles. The van der Waals surface area contributed by atoms with Crippen LogP contribution in [0.2, 0.25) is 0 Å². The van der Waals surface area contributed by atoms with Crippen LogP contribution >= 0.6 is 11.8 Å². The van der Waals surface area contributed by atoms with Crippen LogP contribution in [0.25, 0.3) is 0 Å². The highest BCUT2D eigenvalue weighted by molar-refractivity contribution is 8.00. The minimum Gasteiger partial charge on any atom is -0.369 e. The van der Waals surface area contributed by atoms with Gasteiger partial charge < -0.3 is 10.6 Å². The van der Waals surface area contributed by atoms with Crippen LogP contribution < -0.4 is 10.6 Å². The maximum absolute atomic E-state index is 12.9. The molecule has 1 aliphatic heterocycles. The maximum atomic E-state index is 12.9. The first-order valence-corrected chi connectivity index (χ1v) is 9.31. The van der Waals surface area contributed by atoms with Crippen LogP contribution in [0, 0.1) is 5.92 Å². The van der Waals surface area contributed by atoms with Crippen molar-refractivity contribution in [1.82, 2.24) is 4.90 Å². The zero-order valence-electron chi connectivity index (χ0n) is 14.7. The van der Waals surface area contributed by atoms with Crippen LogP contribution in [0.15, 0.2) is 29.2 Å². The van der Waals surface area contributed by atoms with E-state index in [-0.39, 0.29) is 19.0 Å². The van der Waals surface area contributed by atoms with Crippen molar-refractivity contribution in [3.8, 4) is 0 Å². The van der Waals surface area contributed by atoms with E-state index < -0.39 is 5.91 Å². The topological polar surface area (TPSA) is 66.6 Å². The molecular weight excluding hydrogens is 322 g/mol. The number of para-hydroxylation sites is 1. The summed E-state index contributed by atoms with van der Waals surface area (Å²) in [4.78, 5) is 29.1. The van der Waals surface area contributed by atoms with E-state index in [1.807, 2.05) is 39.8 Å². The van der Waals surface area contributed by atoms with Crippen molar-refractivity contribution in [1.29, 1.82) is 0 Å². The Labute approximate surface area is 148 Å². The summed E-state index contributed by atoms with van der Waals surface area (Å²) in [6.07, 6.45) is 0.949. The van der Waals surface area contributed by atoms with Gasteiger partial charge in [0, 0.05) is 23.2 Å². The number of amides is 2. The van der Waals surface area contributed by atoms with E-state index in [4.69, 9.17) is 5.73 Å². The molecule has 0 radical (unpaired) electrons. The second kappa shape index (κ2) is 8.53. The number of fused-ring (bicyclic) bond motifs is 1. The van der Waals surface area contributed by atoms with E-state index in [9.17, 15) is 9.59 Å². The van der Waals surface area contributed by atoms with Gasteiger partial charge in [-0.3, -0.25) is 14.5 Å². The van der Waals surface area contributed by atoms with Gasteiger partial charge in [-0.25, -0.2) is 0 Å². The van der Waals surface area contributed by atoms with Crippen molar-refractivity contribution in [2.24, 2.45) is 11.7 Å². The van der Waals surface area contributed by atoms with Gasteiger partial charge in [0.2, 0.25) is 11.8 Å². The van der Waals surface area contributed by atoms with Gasteiger partial charge in [0.1, 0.15) is 0 Å². The van der Waals surface area contributed by atoms with E-state index in [2.05, 4.69) is 26.8 Å². The van der Waals surface area contributed by atoms with E-state index in [0.717, 1.165) is 17.0 Å². The van der Waals surface area contributed by atoms with Crippen LogP contribution in [-0.4, -0.2) is 48.1 Å².